The van der Waals surface area contributed by atoms with Crippen LogP contribution in [0, 0.1) is 0 Å². The Balaban J connectivity index is 3.89. The normalized spacial score (nSPS) is 13.5. The van der Waals surface area contributed by atoms with Gasteiger partial charge in [-0.05, 0) is 96.3 Å². The van der Waals surface area contributed by atoms with Gasteiger partial charge in [0.2, 0.25) is 0 Å². The van der Waals surface area contributed by atoms with Gasteiger partial charge in [-0.1, -0.05) is 310 Å². The highest BCUT2D eigenvalue weighted by molar-refractivity contribution is 7.47. The highest BCUT2D eigenvalue weighted by Crippen LogP contribution is 2.43. The number of rotatable bonds is 65. The molecule has 0 rings (SSSR count). The van der Waals surface area contributed by atoms with Crippen LogP contribution in [0.4, 0.5) is 0 Å². The minimum absolute atomic E-state index is 0.0464. The van der Waals surface area contributed by atoms with Gasteiger partial charge in [0, 0.05) is 19.4 Å². The number of phosphoric ester groups is 1. The minimum atomic E-state index is -4.40. The van der Waals surface area contributed by atoms with E-state index in [0.29, 0.717) is 6.42 Å². The summed E-state index contributed by atoms with van der Waals surface area (Å²) in [5.41, 5.74) is 5.40. The Labute approximate surface area is 512 Å². The molecular weight excluding hydrogens is 1050 g/mol. The van der Waals surface area contributed by atoms with Gasteiger partial charge in [-0.15, -0.1) is 0 Å². The van der Waals surface area contributed by atoms with Gasteiger partial charge in [0.25, 0.3) is 0 Å². The maximum atomic E-state index is 12.7. The fraction of sp³-hybridized carbons (Fsp3) is 0.753. The first-order valence-corrected chi connectivity index (χ1v) is 36.2. The number of carbonyl (C=O) groups excluding carboxylic acids is 2. The van der Waals surface area contributed by atoms with Crippen molar-refractivity contribution in [1.29, 1.82) is 0 Å². The Bertz CT molecular complexity index is 1680. The van der Waals surface area contributed by atoms with E-state index in [-0.39, 0.29) is 38.6 Å². The molecule has 0 aliphatic heterocycles. The van der Waals surface area contributed by atoms with Crippen LogP contribution in [0.5, 0.6) is 0 Å². The van der Waals surface area contributed by atoms with Gasteiger partial charge in [-0.25, -0.2) is 4.57 Å². The van der Waals surface area contributed by atoms with Crippen molar-refractivity contribution in [3.63, 3.8) is 0 Å². The fourth-order valence-electron chi connectivity index (χ4n) is 9.85. The molecule has 83 heavy (non-hydrogen) atoms. The predicted octanol–water partition coefficient (Wildman–Crippen LogP) is 22.7. The van der Waals surface area contributed by atoms with Gasteiger partial charge >= 0.3 is 19.8 Å². The Morgan fingerprint density at radius 3 is 1.00 bits per heavy atom. The largest absolute Gasteiger partial charge is 0.472 e. The summed E-state index contributed by atoms with van der Waals surface area (Å²) in [4.78, 5) is 35.3. The molecule has 9 nitrogen and oxygen atoms in total. The van der Waals surface area contributed by atoms with E-state index >= 15 is 0 Å². The monoisotopic (exact) mass is 1180 g/mol. The summed E-state index contributed by atoms with van der Waals surface area (Å²) in [5, 5.41) is 0. The van der Waals surface area contributed by atoms with Crippen LogP contribution in [0.25, 0.3) is 0 Å². The molecule has 0 saturated carbocycles. The second kappa shape index (κ2) is 68.0. The quantitative estimate of drug-likeness (QED) is 0.0264. The summed E-state index contributed by atoms with van der Waals surface area (Å²) in [6.07, 6.45) is 92.2. The molecule has 0 spiro atoms. The molecule has 0 aromatic rings. The third kappa shape index (κ3) is 67.9. The van der Waals surface area contributed by atoms with Crippen LogP contribution in [0.2, 0.25) is 0 Å². The highest BCUT2D eigenvalue weighted by Gasteiger charge is 2.26. The minimum Gasteiger partial charge on any atom is -0.462 e. The van der Waals surface area contributed by atoms with Crippen molar-refractivity contribution in [2.75, 3.05) is 26.4 Å². The van der Waals surface area contributed by atoms with E-state index in [1.165, 1.54) is 193 Å². The molecule has 0 saturated heterocycles. The van der Waals surface area contributed by atoms with E-state index in [4.69, 9.17) is 24.3 Å². The summed E-state index contributed by atoms with van der Waals surface area (Å²) < 4.78 is 33.1. The second-order valence-corrected chi connectivity index (χ2v) is 24.5. The summed E-state index contributed by atoms with van der Waals surface area (Å²) in [6, 6.07) is 0. The molecule has 2 unspecified atom stereocenters. The third-order valence-corrected chi connectivity index (χ3v) is 15.9. The molecule has 0 bridgehead atoms. The number of nitrogens with two attached hydrogens (primary N) is 1. The van der Waals surface area contributed by atoms with Crippen molar-refractivity contribution < 1.29 is 37.6 Å². The molecule has 0 amide bonds. The molecule has 0 aromatic heterocycles. The van der Waals surface area contributed by atoms with Crippen molar-refractivity contribution in [2.45, 2.75) is 328 Å². The average molecular weight is 1180 g/mol. The van der Waals surface area contributed by atoms with Crippen LogP contribution in [0.3, 0.4) is 0 Å². The molecule has 0 aromatic carbocycles. The number of ether oxygens (including phenoxy) is 2. The van der Waals surface area contributed by atoms with Crippen molar-refractivity contribution in [3.05, 3.63) is 97.2 Å². The van der Waals surface area contributed by atoms with Gasteiger partial charge in [-0.2, -0.15) is 0 Å². The number of phosphoric acid groups is 1. The van der Waals surface area contributed by atoms with E-state index in [0.717, 1.165) is 96.3 Å². The van der Waals surface area contributed by atoms with Crippen LogP contribution >= 0.6 is 7.82 Å². The van der Waals surface area contributed by atoms with Crippen molar-refractivity contribution >= 4 is 19.8 Å². The van der Waals surface area contributed by atoms with E-state index in [1.54, 1.807) is 0 Å². The van der Waals surface area contributed by atoms with Crippen molar-refractivity contribution in [1.82, 2.24) is 0 Å². The van der Waals surface area contributed by atoms with Crippen LogP contribution in [-0.4, -0.2) is 49.3 Å². The van der Waals surface area contributed by atoms with Crippen LogP contribution in [-0.2, 0) is 32.7 Å². The van der Waals surface area contributed by atoms with Crippen molar-refractivity contribution in [2.24, 2.45) is 5.73 Å². The van der Waals surface area contributed by atoms with E-state index < -0.39 is 26.5 Å². The Hall–Kier alpha value is -3.07. The number of allylic oxidation sites excluding steroid dienone is 16. The summed E-state index contributed by atoms with van der Waals surface area (Å²) in [6.45, 7) is 3.64. The predicted molar refractivity (Wildman–Crippen MR) is 358 cm³/mol. The zero-order valence-corrected chi connectivity index (χ0v) is 54.8. The van der Waals surface area contributed by atoms with Gasteiger partial charge in [0.15, 0.2) is 6.10 Å². The molecule has 0 fully saturated rings. The Morgan fingerprint density at radius 1 is 0.373 bits per heavy atom. The molecule has 0 heterocycles. The Morgan fingerprint density at radius 2 is 0.663 bits per heavy atom. The number of unbranched alkanes of at least 4 members (excludes halogenated alkanes) is 36. The first-order chi connectivity index (χ1) is 40.8. The van der Waals surface area contributed by atoms with Crippen LogP contribution in [0.1, 0.15) is 322 Å². The molecule has 480 valence electrons. The van der Waals surface area contributed by atoms with E-state index in [2.05, 4.69) is 111 Å². The number of hydrogen-bond acceptors (Lipinski definition) is 8. The zero-order chi connectivity index (χ0) is 60.1. The van der Waals surface area contributed by atoms with E-state index in [9.17, 15) is 19.0 Å². The highest BCUT2D eigenvalue weighted by atomic mass is 31.2. The Kier molecular flexibility index (Phi) is 65.5. The second-order valence-electron chi connectivity index (χ2n) is 23.0. The van der Waals surface area contributed by atoms with Crippen LogP contribution < -0.4 is 5.73 Å². The number of esters is 2. The van der Waals surface area contributed by atoms with Gasteiger partial charge in [0.05, 0.1) is 13.2 Å². The maximum Gasteiger partial charge on any atom is 0.472 e. The number of carbonyl (C=O) groups is 2. The van der Waals surface area contributed by atoms with E-state index in [1.807, 2.05) is 0 Å². The summed E-state index contributed by atoms with van der Waals surface area (Å²) >= 11 is 0. The topological polar surface area (TPSA) is 134 Å². The molecule has 0 aliphatic carbocycles. The molecule has 2 atom stereocenters. The maximum absolute atomic E-state index is 12.7. The first kappa shape index (κ1) is 79.9. The first-order valence-electron chi connectivity index (χ1n) is 34.7. The third-order valence-electron chi connectivity index (χ3n) is 15.0. The fourth-order valence-corrected chi connectivity index (χ4v) is 10.6. The lowest BCUT2D eigenvalue weighted by Gasteiger charge is -2.19. The molecule has 0 radical (unpaired) electrons. The molecular formula is C73H130NO8P. The van der Waals surface area contributed by atoms with Crippen LogP contribution in [0.15, 0.2) is 97.2 Å². The average Bonchev–Trinajstić information content (AvgIpc) is 3.48. The summed E-state index contributed by atoms with van der Waals surface area (Å²) in [7, 11) is -4.40. The number of hydrogen-bond donors (Lipinski definition) is 2. The molecule has 3 N–H and O–H groups in total. The zero-order valence-electron chi connectivity index (χ0n) is 53.9. The van der Waals surface area contributed by atoms with Crippen molar-refractivity contribution in [3.8, 4) is 0 Å². The smallest absolute Gasteiger partial charge is 0.462 e. The lowest BCUT2D eigenvalue weighted by molar-refractivity contribution is -0.161. The SMILES string of the molecule is CC/C=C\C/C=C\C/C=C\C/C=C\C/C=C\C/C=C\C/C=C\CCCCCCCC(=O)OC(COC(=O)CCCCCCCCCCCCCCCCCCCCCCCCC/C=C\CCCCCCCCCC)COP(=O)(O)OCCN. The molecule has 10 heteroatoms. The lowest BCUT2D eigenvalue weighted by atomic mass is 10.0. The standard InChI is InChI=1S/C73H130NO8P/c1-3-5-7-9-11-13-15-17-19-21-23-25-27-29-31-32-33-34-35-36-37-38-40-41-43-45-47-49-51-53-55-57-59-61-63-65-72(75)79-69-71(70-81-83(77,78)80-68-67-74)82-73(76)66-64-62-60-58-56-54-52-50-48-46-44-42-39-30-28-26-24-22-20-18-16-14-12-10-8-6-4-2/h6,8,12,14,18,20-21,23-24,26,30,39,44,46,50,52,71H,3-5,7,9-11,13,15-17,19,22,25,27-29,31-38,40-43,45,47-49,51,53-70,74H2,1-2H3,(H,77,78)/b8-6-,14-12-,20-18-,23-21-,26-24-,39-30-,46-44-,52-50-. The van der Waals surface area contributed by atoms with Gasteiger partial charge in [-0.3, -0.25) is 18.6 Å². The van der Waals surface area contributed by atoms with Gasteiger partial charge in [0.1, 0.15) is 6.61 Å². The summed E-state index contributed by atoms with van der Waals surface area (Å²) in [5.74, 6) is -0.843. The molecule has 0 aliphatic rings. The van der Waals surface area contributed by atoms with Gasteiger partial charge < -0.3 is 20.1 Å². The lowest BCUT2D eigenvalue weighted by Crippen LogP contribution is -2.29.